The molecule has 2 heteroatoms. The first-order valence-electron chi connectivity index (χ1n) is 6.36. The number of benzene rings is 1. The quantitative estimate of drug-likeness (QED) is 0.695. The van der Waals surface area contributed by atoms with Crippen molar-refractivity contribution in [2.75, 3.05) is 0 Å². The minimum Gasteiger partial charge on any atom is -0.294 e. The number of ketones is 1. The van der Waals surface area contributed by atoms with Crippen LogP contribution in [0.3, 0.4) is 0 Å². The van der Waals surface area contributed by atoms with Gasteiger partial charge in [-0.1, -0.05) is 36.2 Å². The molecule has 1 fully saturated rings. The average molecular weight is 293 g/mol. The van der Waals surface area contributed by atoms with Crippen molar-refractivity contribution >= 4 is 21.7 Å². The Labute approximate surface area is 111 Å². The first-order chi connectivity index (χ1) is 8.01. The number of carbonyl (C=O) groups excluding carboxylic acids is 1. The lowest BCUT2D eigenvalue weighted by Gasteiger charge is -2.41. The predicted octanol–water partition coefficient (Wildman–Crippen LogP) is 4.34. The molecule has 3 rings (SSSR count). The van der Waals surface area contributed by atoms with Crippen molar-refractivity contribution in [3.05, 3.63) is 33.8 Å². The molecular weight excluding hydrogens is 276 g/mol. The Balaban J connectivity index is 2.22. The number of fused-ring (bicyclic) bond motifs is 2. The first kappa shape index (κ1) is 11.5. The molecule has 1 nitrogen and oxygen atoms in total. The van der Waals surface area contributed by atoms with Gasteiger partial charge in [0.05, 0.1) is 0 Å². The summed E-state index contributed by atoms with van der Waals surface area (Å²) in [5.41, 5.74) is 2.33. The van der Waals surface area contributed by atoms with Gasteiger partial charge in [0.15, 0.2) is 5.78 Å². The molecular formula is C15H17BrO. The van der Waals surface area contributed by atoms with Crippen molar-refractivity contribution in [2.24, 2.45) is 11.8 Å². The van der Waals surface area contributed by atoms with Crippen LogP contribution in [0.2, 0.25) is 0 Å². The SMILES string of the molecule is CC1(C)c2cc(Br)ccc2C(=O)[C@@H]2CCC[C@H]21. The molecule has 0 radical (unpaired) electrons. The molecule has 90 valence electrons. The summed E-state index contributed by atoms with van der Waals surface area (Å²) >= 11 is 3.52. The number of hydrogen-bond donors (Lipinski definition) is 0. The molecule has 0 saturated heterocycles. The van der Waals surface area contributed by atoms with Gasteiger partial charge >= 0.3 is 0 Å². The molecule has 0 spiro atoms. The van der Waals surface area contributed by atoms with Crippen LogP contribution in [-0.4, -0.2) is 5.78 Å². The van der Waals surface area contributed by atoms with E-state index in [4.69, 9.17) is 0 Å². The van der Waals surface area contributed by atoms with Gasteiger partial charge in [0.25, 0.3) is 0 Å². The Morgan fingerprint density at radius 3 is 2.82 bits per heavy atom. The molecule has 0 heterocycles. The highest BCUT2D eigenvalue weighted by molar-refractivity contribution is 9.10. The highest BCUT2D eigenvalue weighted by atomic mass is 79.9. The fourth-order valence-electron chi connectivity index (χ4n) is 3.80. The Morgan fingerprint density at radius 1 is 1.29 bits per heavy atom. The lowest BCUT2D eigenvalue weighted by molar-refractivity contribution is 0.0817. The molecule has 2 atom stereocenters. The zero-order valence-corrected chi connectivity index (χ0v) is 11.9. The van der Waals surface area contributed by atoms with E-state index in [9.17, 15) is 4.79 Å². The van der Waals surface area contributed by atoms with E-state index in [0.717, 1.165) is 16.5 Å². The number of Topliss-reactive ketones (excluding diaryl/α,β-unsaturated/α-hetero) is 1. The van der Waals surface area contributed by atoms with E-state index in [1.54, 1.807) is 0 Å². The summed E-state index contributed by atoms with van der Waals surface area (Å²) in [7, 11) is 0. The minimum absolute atomic E-state index is 0.133. The standard InChI is InChI=1S/C15H17BrO/c1-15(2)12-5-3-4-10(12)14(17)11-7-6-9(16)8-13(11)15/h6-8,10,12H,3-5H2,1-2H3/t10-,12-/m1/s1. The number of halogens is 1. The Bertz CT molecular complexity index is 490. The number of rotatable bonds is 0. The van der Waals surface area contributed by atoms with Crippen LogP contribution >= 0.6 is 15.9 Å². The van der Waals surface area contributed by atoms with Gasteiger partial charge in [0, 0.05) is 16.0 Å². The maximum absolute atomic E-state index is 12.5. The summed E-state index contributed by atoms with van der Waals surface area (Å²) in [4.78, 5) is 12.5. The van der Waals surface area contributed by atoms with Gasteiger partial charge in [0.1, 0.15) is 0 Å². The molecule has 1 saturated carbocycles. The highest BCUT2D eigenvalue weighted by Crippen LogP contribution is 2.51. The van der Waals surface area contributed by atoms with Gasteiger partial charge in [-0.25, -0.2) is 0 Å². The summed E-state index contributed by atoms with van der Waals surface area (Å²) in [6, 6.07) is 6.13. The molecule has 0 unspecified atom stereocenters. The lowest BCUT2D eigenvalue weighted by atomic mass is 9.62. The molecule has 1 aromatic carbocycles. The zero-order chi connectivity index (χ0) is 12.2. The Kier molecular flexibility index (Phi) is 2.48. The molecule has 0 amide bonds. The molecule has 2 aliphatic rings. The van der Waals surface area contributed by atoms with E-state index in [2.05, 4.69) is 35.8 Å². The largest absolute Gasteiger partial charge is 0.294 e. The van der Waals surface area contributed by atoms with Crippen LogP contribution in [0.15, 0.2) is 22.7 Å². The molecule has 0 aliphatic heterocycles. The summed E-state index contributed by atoms with van der Waals surface area (Å²) in [5, 5.41) is 0. The van der Waals surface area contributed by atoms with Gasteiger partial charge in [-0.2, -0.15) is 0 Å². The van der Waals surface area contributed by atoms with Crippen molar-refractivity contribution in [1.29, 1.82) is 0 Å². The van der Waals surface area contributed by atoms with Gasteiger partial charge in [-0.3, -0.25) is 4.79 Å². The smallest absolute Gasteiger partial charge is 0.166 e. The van der Waals surface area contributed by atoms with Crippen LogP contribution < -0.4 is 0 Å². The third kappa shape index (κ3) is 1.53. The van der Waals surface area contributed by atoms with Gasteiger partial charge in [-0.05, 0) is 47.9 Å². The number of carbonyl (C=O) groups is 1. The van der Waals surface area contributed by atoms with E-state index in [1.807, 2.05) is 12.1 Å². The predicted molar refractivity (Wildman–Crippen MR) is 72.3 cm³/mol. The second kappa shape index (κ2) is 3.68. The van der Waals surface area contributed by atoms with Crippen molar-refractivity contribution in [1.82, 2.24) is 0 Å². The second-order valence-electron chi connectivity index (χ2n) is 5.92. The third-order valence-corrected chi connectivity index (χ3v) is 5.21. The van der Waals surface area contributed by atoms with Crippen molar-refractivity contribution in [3.8, 4) is 0 Å². The van der Waals surface area contributed by atoms with Crippen molar-refractivity contribution in [3.63, 3.8) is 0 Å². The lowest BCUT2D eigenvalue weighted by Crippen LogP contribution is -2.41. The molecule has 1 aromatic rings. The summed E-state index contributed by atoms with van der Waals surface area (Å²) in [6.45, 7) is 4.60. The summed E-state index contributed by atoms with van der Waals surface area (Å²) in [6.07, 6.45) is 3.50. The normalized spacial score (nSPS) is 29.9. The Hall–Kier alpha value is -0.630. The summed E-state index contributed by atoms with van der Waals surface area (Å²) < 4.78 is 1.08. The topological polar surface area (TPSA) is 17.1 Å². The van der Waals surface area contributed by atoms with Crippen molar-refractivity contribution in [2.45, 2.75) is 38.5 Å². The molecule has 2 aliphatic carbocycles. The maximum atomic E-state index is 12.5. The zero-order valence-electron chi connectivity index (χ0n) is 10.3. The van der Waals surface area contributed by atoms with Crippen LogP contribution in [0.4, 0.5) is 0 Å². The summed E-state index contributed by atoms with van der Waals surface area (Å²) in [5.74, 6) is 1.20. The van der Waals surface area contributed by atoms with E-state index < -0.39 is 0 Å². The van der Waals surface area contributed by atoms with Crippen LogP contribution in [0.1, 0.15) is 49.0 Å². The average Bonchev–Trinajstić information content (AvgIpc) is 2.76. The molecule has 17 heavy (non-hydrogen) atoms. The first-order valence-corrected chi connectivity index (χ1v) is 7.15. The highest BCUT2D eigenvalue weighted by Gasteiger charge is 2.48. The van der Waals surface area contributed by atoms with Crippen LogP contribution in [-0.2, 0) is 5.41 Å². The van der Waals surface area contributed by atoms with Crippen LogP contribution in [0.25, 0.3) is 0 Å². The van der Waals surface area contributed by atoms with E-state index in [1.165, 1.54) is 18.4 Å². The minimum atomic E-state index is 0.133. The van der Waals surface area contributed by atoms with E-state index in [0.29, 0.717) is 11.7 Å². The molecule has 0 aromatic heterocycles. The van der Waals surface area contributed by atoms with Gasteiger partial charge in [-0.15, -0.1) is 0 Å². The monoisotopic (exact) mass is 292 g/mol. The van der Waals surface area contributed by atoms with Gasteiger partial charge < -0.3 is 0 Å². The van der Waals surface area contributed by atoms with Crippen molar-refractivity contribution < 1.29 is 4.79 Å². The molecule has 0 N–H and O–H groups in total. The third-order valence-electron chi connectivity index (χ3n) is 4.72. The fraction of sp³-hybridized carbons (Fsp3) is 0.533. The van der Waals surface area contributed by atoms with E-state index >= 15 is 0 Å². The van der Waals surface area contributed by atoms with Crippen LogP contribution in [0, 0.1) is 11.8 Å². The maximum Gasteiger partial charge on any atom is 0.166 e. The molecule has 0 bridgehead atoms. The van der Waals surface area contributed by atoms with E-state index in [-0.39, 0.29) is 11.3 Å². The fourth-order valence-corrected chi connectivity index (χ4v) is 4.16. The van der Waals surface area contributed by atoms with Gasteiger partial charge in [0.2, 0.25) is 0 Å². The van der Waals surface area contributed by atoms with Crippen LogP contribution in [0.5, 0.6) is 0 Å². The Morgan fingerprint density at radius 2 is 2.06 bits per heavy atom. The second-order valence-corrected chi connectivity index (χ2v) is 6.84. The number of hydrogen-bond acceptors (Lipinski definition) is 1.